The summed E-state index contributed by atoms with van der Waals surface area (Å²) >= 11 is 6.39. The topological polar surface area (TPSA) is 112 Å². The molecule has 0 amide bonds. The number of ether oxygens (including phenoxy) is 1. The van der Waals surface area contributed by atoms with Crippen molar-refractivity contribution in [3.05, 3.63) is 88.8 Å². The third-order valence-electron chi connectivity index (χ3n) is 6.42. The summed E-state index contributed by atoms with van der Waals surface area (Å²) in [4.78, 5) is -0.0979. The molecule has 0 unspecified atom stereocenters. The van der Waals surface area contributed by atoms with Crippen LogP contribution in [0.15, 0.2) is 71.8 Å². The van der Waals surface area contributed by atoms with E-state index < -0.39 is 22.8 Å². The Balaban J connectivity index is 1.70. The first-order valence-electron chi connectivity index (χ1n) is 12.3. The van der Waals surface area contributed by atoms with Crippen molar-refractivity contribution in [3.8, 4) is 39.5 Å². The van der Waals surface area contributed by atoms with Crippen LogP contribution >= 0.6 is 11.6 Å². The molecule has 5 aromatic rings. The second-order valence-electron chi connectivity index (χ2n) is 9.51. The number of halogens is 4. The zero-order valence-corrected chi connectivity index (χ0v) is 24.0. The molecule has 0 aliphatic rings. The van der Waals surface area contributed by atoms with Crippen LogP contribution in [0.2, 0.25) is 5.02 Å². The lowest BCUT2D eigenvalue weighted by Gasteiger charge is -2.17. The predicted molar refractivity (Wildman–Crippen MR) is 150 cm³/mol. The van der Waals surface area contributed by atoms with Crippen LogP contribution in [0.4, 0.5) is 13.2 Å². The highest BCUT2D eigenvalue weighted by molar-refractivity contribution is 7.90. The number of aliphatic hydroxyl groups is 1. The quantitative estimate of drug-likeness (QED) is 0.244. The van der Waals surface area contributed by atoms with Gasteiger partial charge in [0.2, 0.25) is 0 Å². The summed E-state index contributed by atoms with van der Waals surface area (Å²) in [5.74, 6) is -0.375. The molecule has 0 aliphatic carbocycles. The number of aliphatic hydroxyl groups excluding tert-OH is 1. The fraction of sp³-hybridized carbons (Fsp3) is 0.179. The SMILES string of the molecule is Cc1cc(C)n(-c2ccc(-c3cc(Cl)c(CO)c(S(C)(=O)=O)c3)cc2-n2nncc2-c2ccc(OC(F)(F)F)cc2)n1. The van der Waals surface area contributed by atoms with Crippen LogP contribution in [-0.4, -0.2) is 50.9 Å². The lowest BCUT2D eigenvalue weighted by atomic mass is 10.0. The summed E-state index contributed by atoms with van der Waals surface area (Å²) < 4.78 is 70.2. The number of aryl methyl sites for hydroxylation is 2. The fourth-order valence-electron chi connectivity index (χ4n) is 4.62. The zero-order chi connectivity index (χ0) is 30.4. The lowest BCUT2D eigenvalue weighted by Crippen LogP contribution is -2.16. The van der Waals surface area contributed by atoms with E-state index in [0.717, 1.165) is 17.6 Å². The third kappa shape index (κ3) is 5.89. The number of alkyl halides is 3. The van der Waals surface area contributed by atoms with E-state index in [4.69, 9.17) is 11.6 Å². The molecular formula is C28H23ClF3N5O4S. The van der Waals surface area contributed by atoms with Crippen molar-refractivity contribution in [3.63, 3.8) is 0 Å². The number of hydrogen-bond donors (Lipinski definition) is 1. The van der Waals surface area contributed by atoms with E-state index in [2.05, 4.69) is 20.1 Å². The van der Waals surface area contributed by atoms with Gasteiger partial charge < -0.3 is 9.84 Å². The highest BCUT2D eigenvalue weighted by Gasteiger charge is 2.31. The molecule has 0 atom stereocenters. The fourth-order valence-corrected chi connectivity index (χ4v) is 5.92. The van der Waals surface area contributed by atoms with Crippen LogP contribution in [0.3, 0.4) is 0 Å². The number of aromatic nitrogens is 5. The van der Waals surface area contributed by atoms with E-state index >= 15 is 0 Å². The third-order valence-corrected chi connectivity index (χ3v) is 7.92. The van der Waals surface area contributed by atoms with Gasteiger partial charge in [-0.2, -0.15) is 5.10 Å². The van der Waals surface area contributed by atoms with E-state index in [9.17, 15) is 26.7 Å². The van der Waals surface area contributed by atoms with E-state index in [1.807, 2.05) is 19.9 Å². The number of rotatable bonds is 7. The summed E-state index contributed by atoms with van der Waals surface area (Å²) in [7, 11) is -3.73. The molecule has 1 N–H and O–H groups in total. The summed E-state index contributed by atoms with van der Waals surface area (Å²) in [6, 6.07) is 15.5. The lowest BCUT2D eigenvalue weighted by molar-refractivity contribution is -0.274. The average Bonchev–Trinajstić information content (AvgIpc) is 3.52. The summed E-state index contributed by atoms with van der Waals surface area (Å²) in [6.45, 7) is 3.17. The molecule has 218 valence electrons. The van der Waals surface area contributed by atoms with E-state index in [0.29, 0.717) is 33.8 Å². The highest BCUT2D eigenvalue weighted by Crippen LogP contribution is 2.35. The Morgan fingerprint density at radius 1 is 0.929 bits per heavy atom. The molecule has 5 rings (SSSR count). The van der Waals surface area contributed by atoms with Crippen LogP contribution in [-0.2, 0) is 16.4 Å². The standard InChI is InChI=1S/C28H23ClF3N5O4S/c1-16-10-17(2)36(34-16)24-9-6-19(20-11-23(29)22(15-38)27(13-20)42(3,39)40)12-25(24)37-26(14-33-35-37)18-4-7-21(8-5-18)41-28(30,31)32/h4-14,38H,15H2,1-3H3. The van der Waals surface area contributed by atoms with Gasteiger partial charge in [-0.15, -0.1) is 18.3 Å². The first kappa shape index (κ1) is 29.3. The molecule has 0 aliphatic heterocycles. The number of hydrogen-bond acceptors (Lipinski definition) is 7. The maximum atomic E-state index is 12.7. The Bertz CT molecular complexity index is 1900. The van der Waals surface area contributed by atoms with E-state index in [-0.39, 0.29) is 21.2 Å². The zero-order valence-electron chi connectivity index (χ0n) is 22.4. The van der Waals surface area contributed by atoms with Gasteiger partial charge in [0, 0.05) is 28.1 Å². The smallest absolute Gasteiger partial charge is 0.406 e. The monoisotopic (exact) mass is 617 g/mol. The van der Waals surface area contributed by atoms with Crippen molar-refractivity contribution in [1.82, 2.24) is 24.8 Å². The summed E-state index contributed by atoms with van der Waals surface area (Å²) in [5, 5.41) is 22.7. The van der Waals surface area contributed by atoms with Crippen molar-refractivity contribution in [1.29, 1.82) is 0 Å². The van der Waals surface area contributed by atoms with Crippen molar-refractivity contribution in [2.24, 2.45) is 0 Å². The largest absolute Gasteiger partial charge is 0.573 e. The molecule has 2 heterocycles. The number of nitrogens with zero attached hydrogens (tertiary/aromatic N) is 5. The highest BCUT2D eigenvalue weighted by atomic mass is 35.5. The molecule has 3 aromatic carbocycles. The molecule has 2 aromatic heterocycles. The van der Waals surface area contributed by atoms with Gasteiger partial charge in [0.15, 0.2) is 9.84 Å². The molecule has 0 saturated carbocycles. The molecule has 0 bridgehead atoms. The molecule has 42 heavy (non-hydrogen) atoms. The Kier molecular flexibility index (Phi) is 7.60. The van der Waals surface area contributed by atoms with Gasteiger partial charge in [-0.25, -0.2) is 17.8 Å². The molecule has 0 fully saturated rings. The van der Waals surface area contributed by atoms with Crippen LogP contribution in [0, 0.1) is 13.8 Å². The van der Waals surface area contributed by atoms with E-state index in [1.54, 1.807) is 28.9 Å². The minimum atomic E-state index is -4.82. The van der Waals surface area contributed by atoms with Crippen LogP contribution < -0.4 is 4.74 Å². The van der Waals surface area contributed by atoms with Crippen molar-refractivity contribution in [2.45, 2.75) is 31.7 Å². The van der Waals surface area contributed by atoms with Crippen molar-refractivity contribution in [2.75, 3.05) is 6.26 Å². The first-order valence-corrected chi connectivity index (χ1v) is 14.6. The van der Waals surface area contributed by atoms with Gasteiger partial charge in [0.05, 0.1) is 40.5 Å². The normalized spacial score (nSPS) is 12.1. The maximum Gasteiger partial charge on any atom is 0.573 e. The second-order valence-corrected chi connectivity index (χ2v) is 11.9. The van der Waals surface area contributed by atoms with Gasteiger partial charge in [-0.3, -0.25) is 0 Å². The average molecular weight is 618 g/mol. The molecule has 14 heteroatoms. The Morgan fingerprint density at radius 2 is 1.62 bits per heavy atom. The summed E-state index contributed by atoms with van der Waals surface area (Å²) in [5.41, 5.74) is 4.79. The van der Waals surface area contributed by atoms with E-state index in [1.165, 1.54) is 41.2 Å². The number of benzene rings is 3. The van der Waals surface area contributed by atoms with Gasteiger partial charge in [0.1, 0.15) is 5.75 Å². The van der Waals surface area contributed by atoms with Crippen molar-refractivity contribution < 1.29 is 31.4 Å². The minimum Gasteiger partial charge on any atom is -0.406 e. The predicted octanol–water partition coefficient (Wildman–Crippen LogP) is 5.85. The molecule has 9 nitrogen and oxygen atoms in total. The van der Waals surface area contributed by atoms with Crippen LogP contribution in [0.5, 0.6) is 5.75 Å². The number of sulfone groups is 1. The first-order chi connectivity index (χ1) is 19.7. The van der Waals surface area contributed by atoms with Crippen LogP contribution in [0.1, 0.15) is 17.0 Å². The van der Waals surface area contributed by atoms with Gasteiger partial charge >= 0.3 is 6.36 Å². The van der Waals surface area contributed by atoms with Gasteiger partial charge in [0.25, 0.3) is 0 Å². The van der Waals surface area contributed by atoms with Gasteiger partial charge in [-0.05, 0) is 79.6 Å². The minimum absolute atomic E-state index is 0.0854. The molecule has 0 spiro atoms. The Labute approximate surface area is 243 Å². The maximum absolute atomic E-state index is 12.7. The Morgan fingerprint density at radius 3 is 2.21 bits per heavy atom. The van der Waals surface area contributed by atoms with Crippen LogP contribution in [0.25, 0.3) is 33.8 Å². The Hall–Kier alpha value is -4.20. The summed E-state index contributed by atoms with van der Waals surface area (Å²) in [6.07, 6.45) is -2.33. The van der Waals surface area contributed by atoms with Crippen molar-refractivity contribution >= 4 is 21.4 Å². The molecule has 0 saturated heterocycles. The molecule has 0 radical (unpaired) electrons. The molecular weight excluding hydrogens is 595 g/mol. The second kappa shape index (κ2) is 10.9. The van der Waals surface area contributed by atoms with Gasteiger partial charge in [-0.1, -0.05) is 22.9 Å².